The van der Waals surface area contributed by atoms with Gasteiger partial charge >= 0.3 is 0 Å². The monoisotopic (exact) mass is 326 g/mol. The number of hydrogen-bond donors (Lipinski definition) is 0. The average Bonchev–Trinajstić information content (AvgIpc) is 2.53. The van der Waals surface area contributed by atoms with Crippen molar-refractivity contribution in [3.63, 3.8) is 0 Å². The number of carbonyl (C=O) groups is 1. The molecule has 0 aliphatic heterocycles. The number of carbonyl (C=O) groups excluding carboxylic acids is 1. The van der Waals surface area contributed by atoms with Crippen LogP contribution in [0.15, 0.2) is 48.5 Å². The molecule has 0 aliphatic carbocycles. The molecule has 0 N–H and O–H groups in total. The van der Waals surface area contributed by atoms with Crippen LogP contribution in [-0.4, -0.2) is 5.78 Å². The van der Waals surface area contributed by atoms with Crippen molar-refractivity contribution in [2.75, 3.05) is 0 Å². The van der Waals surface area contributed by atoms with Gasteiger partial charge in [-0.2, -0.15) is 0 Å². The van der Waals surface area contributed by atoms with Crippen LogP contribution in [-0.2, 0) is 9.72 Å². The lowest BCUT2D eigenvalue weighted by Gasteiger charge is -2.29. The molecule has 120 valence electrons. The first-order valence-corrected chi connectivity index (χ1v) is 8.74. The molecule has 23 heavy (non-hydrogen) atoms. The molecule has 0 saturated carbocycles. The molecule has 0 heterocycles. The van der Waals surface area contributed by atoms with Crippen molar-refractivity contribution in [3.05, 3.63) is 70.8 Å². The number of ketones is 1. The first-order chi connectivity index (χ1) is 10.9. The minimum atomic E-state index is -1.02. The van der Waals surface area contributed by atoms with Gasteiger partial charge in [0.05, 0.1) is 0 Å². The fourth-order valence-electron chi connectivity index (χ4n) is 3.16. The van der Waals surface area contributed by atoms with Gasteiger partial charge in [0.25, 0.3) is 0 Å². The van der Waals surface area contributed by atoms with E-state index >= 15 is 0 Å². The minimum Gasteiger partial charge on any atom is -0.292 e. The van der Waals surface area contributed by atoms with E-state index in [4.69, 9.17) is 0 Å². The second kappa shape index (κ2) is 7.19. The van der Waals surface area contributed by atoms with E-state index < -0.39 is 5.16 Å². The number of rotatable bonds is 6. The number of aryl methyl sites for hydroxylation is 2. The average molecular weight is 326 g/mol. The van der Waals surface area contributed by atoms with E-state index in [1.165, 1.54) is 0 Å². The Kier molecular flexibility index (Phi) is 5.49. The quantitative estimate of drug-likeness (QED) is 0.502. The third-order valence-electron chi connectivity index (χ3n) is 4.19. The molecular weight excluding hydrogens is 303 g/mol. The van der Waals surface area contributed by atoms with Gasteiger partial charge in [-0.15, -0.1) is 0 Å². The Morgan fingerprint density at radius 2 is 1.57 bits per heavy atom. The molecule has 2 rings (SSSR count). The van der Waals surface area contributed by atoms with Crippen LogP contribution in [0, 0.1) is 19.8 Å². The molecule has 1 unspecified atom stereocenters. The summed E-state index contributed by atoms with van der Waals surface area (Å²) >= 11 is 0. The predicted octanol–water partition coefficient (Wildman–Crippen LogP) is 5.72. The van der Waals surface area contributed by atoms with Gasteiger partial charge in [-0.25, -0.2) is 0 Å². The fraction of sp³-hybridized carbons (Fsp3) is 0.350. The largest absolute Gasteiger partial charge is 0.292 e. The summed E-state index contributed by atoms with van der Waals surface area (Å²) in [6.45, 7) is 7.99. The van der Waals surface area contributed by atoms with Crippen LogP contribution in [0.25, 0.3) is 0 Å². The third-order valence-corrected chi connectivity index (χ3v) is 5.15. The molecule has 1 atom stereocenters. The molecule has 3 heteroatoms. The van der Waals surface area contributed by atoms with Gasteiger partial charge in [-0.1, -0.05) is 62.4 Å². The normalized spacial score (nSPS) is 14.0. The third kappa shape index (κ3) is 3.43. The standard InChI is InChI=1S/C20H23O2P/c1-14(2)13-20(23-22,17-11-6-5-7-12-17)19(21)18-15(3)9-8-10-16(18)4/h5-12,14H,13H2,1-4H3. The molecule has 0 radical (unpaired) electrons. The first kappa shape index (κ1) is 17.6. The summed E-state index contributed by atoms with van der Waals surface area (Å²) in [6, 6.07) is 15.3. The fourth-order valence-corrected chi connectivity index (χ4v) is 4.05. The zero-order valence-corrected chi connectivity index (χ0v) is 15.1. The van der Waals surface area contributed by atoms with Gasteiger partial charge in [-0.05, 0) is 42.9 Å². The van der Waals surface area contributed by atoms with Gasteiger partial charge in [0.1, 0.15) is 5.16 Å². The molecule has 2 nitrogen and oxygen atoms in total. The van der Waals surface area contributed by atoms with E-state index in [1.54, 1.807) is 0 Å². The summed E-state index contributed by atoms with van der Waals surface area (Å²) in [7, 11) is -0.146. The van der Waals surface area contributed by atoms with E-state index in [0.29, 0.717) is 12.0 Å². The second-order valence-corrected chi connectivity index (χ2v) is 7.46. The second-order valence-electron chi connectivity index (χ2n) is 6.51. The highest BCUT2D eigenvalue weighted by molar-refractivity contribution is 7.27. The zero-order chi connectivity index (χ0) is 17.0. The minimum absolute atomic E-state index is 0.0512. The lowest BCUT2D eigenvalue weighted by Crippen LogP contribution is -2.33. The summed E-state index contributed by atoms with van der Waals surface area (Å²) < 4.78 is 12.3. The van der Waals surface area contributed by atoms with Crippen LogP contribution in [0.2, 0.25) is 0 Å². The van der Waals surface area contributed by atoms with Crippen LogP contribution in [0.3, 0.4) is 0 Å². The highest BCUT2D eigenvalue weighted by Crippen LogP contribution is 2.44. The Labute approximate surface area is 140 Å². The molecule has 2 aromatic carbocycles. The predicted molar refractivity (Wildman–Crippen MR) is 95.4 cm³/mol. The van der Waals surface area contributed by atoms with Crippen LogP contribution in [0.1, 0.15) is 47.3 Å². The van der Waals surface area contributed by atoms with Gasteiger partial charge in [-0.3, -0.25) is 9.36 Å². The number of benzene rings is 2. The van der Waals surface area contributed by atoms with Crippen molar-refractivity contribution in [2.45, 2.75) is 39.3 Å². The Morgan fingerprint density at radius 1 is 1.00 bits per heavy atom. The molecule has 0 spiro atoms. The molecule has 0 saturated heterocycles. The van der Waals surface area contributed by atoms with Gasteiger partial charge in [0.15, 0.2) is 14.2 Å². The number of Topliss-reactive ketones (excluding diaryl/α,β-unsaturated/α-hetero) is 1. The van der Waals surface area contributed by atoms with Crippen molar-refractivity contribution < 1.29 is 9.36 Å². The van der Waals surface area contributed by atoms with Gasteiger partial charge in [0, 0.05) is 5.56 Å². The Morgan fingerprint density at radius 3 is 2.04 bits per heavy atom. The summed E-state index contributed by atoms with van der Waals surface area (Å²) in [5.74, 6) is 0.203. The van der Waals surface area contributed by atoms with Crippen LogP contribution in [0.5, 0.6) is 0 Å². The molecule has 0 aromatic heterocycles. The lowest BCUT2D eigenvalue weighted by molar-refractivity contribution is 0.0923. The Hall–Kier alpha value is -1.79. The zero-order valence-electron chi connectivity index (χ0n) is 14.2. The maximum atomic E-state index is 13.5. The van der Waals surface area contributed by atoms with E-state index in [9.17, 15) is 9.36 Å². The van der Waals surface area contributed by atoms with E-state index in [1.807, 2.05) is 62.4 Å². The lowest BCUT2D eigenvalue weighted by atomic mass is 9.81. The highest BCUT2D eigenvalue weighted by Gasteiger charge is 2.43. The van der Waals surface area contributed by atoms with Gasteiger partial charge in [0.2, 0.25) is 0 Å². The van der Waals surface area contributed by atoms with Crippen molar-refractivity contribution in [1.82, 2.24) is 0 Å². The maximum absolute atomic E-state index is 13.5. The SMILES string of the molecule is Cc1cccc(C)c1C(=O)C(CC(C)C)(P=O)c1ccccc1. The van der Waals surface area contributed by atoms with Crippen molar-refractivity contribution in [2.24, 2.45) is 5.92 Å². The van der Waals surface area contributed by atoms with Crippen LogP contribution < -0.4 is 0 Å². The van der Waals surface area contributed by atoms with Crippen LogP contribution in [0.4, 0.5) is 0 Å². The van der Waals surface area contributed by atoms with Crippen molar-refractivity contribution >= 4 is 14.2 Å². The topological polar surface area (TPSA) is 34.1 Å². The Balaban J connectivity index is 2.67. The Bertz CT molecular complexity index is 687. The van der Waals surface area contributed by atoms with Crippen molar-refractivity contribution in [1.29, 1.82) is 0 Å². The summed E-state index contributed by atoms with van der Waals surface area (Å²) in [4.78, 5) is 13.5. The summed E-state index contributed by atoms with van der Waals surface area (Å²) in [6.07, 6.45) is 0.550. The smallest absolute Gasteiger partial charge is 0.185 e. The number of hydrogen-bond acceptors (Lipinski definition) is 2. The van der Waals surface area contributed by atoms with Crippen molar-refractivity contribution in [3.8, 4) is 0 Å². The molecule has 0 fully saturated rings. The molecular formula is C20H23O2P. The summed E-state index contributed by atoms with van der Waals surface area (Å²) in [5.41, 5.74) is 3.38. The molecule has 2 aromatic rings. The maximum Gasteiger partial charge on any atom is 0.185 e. The van der Waals surface area contributed by atoms with Gasteiger partial charge < -0.3 is 0 Å². The first-order valence-electron chi connectivity index (χ1n) is 7.93. The summed E-state index contributed by atoms with van der Waals surface area (Å²) in [5, 5.41) is -1.02. The highest BCUT2D eigenvalue weighted by atomic mass is 31.1. The molecule has 0 amide bonds. The van der Waals surface area contributed by atoms with E-state index in [-0.39, 0.29) is 20.2 Å². The molecule has 0 bridgehead atoms. The molecule has 0 aliphatic rings. The van der Waals surface area contributed by atoms with E-state index in [0.717, 1.165) is 16.7 Å². The van der Waals surface area contributed by atoms with E-state index in [2.05, 4.69) is 13.8 Å². The van der Waals surface area contributed by atoms with Crippen LogP contribution >= 0.6 is 8.46 Å².